The third-order valence-corrected chi connectivity index (χ3v) is 0.474. The minimum atomic E-state index is -5.19. The summed E-state index contributed by atoms with van der Waals surface area (Å²) in [5, 5.41) is 15.9. The van der Waals surface area contributed by atoms with Crippen LogP contribution in [-0.2, 0) is 9.59 Å². The van der Waals surface area contributed by atoms with E-state index in [1.54, 1.807) is 0 Å². The van der Waals surface area contributed by atoms with Gasteiger partial charge in [-0.15, -0.1) is 0 Å². The van der Waals surface area contributed by atoms with Crippen LogP contribution in [0.1, 0.15) is 0 Å². The van der Waals surface area contributed by atoms with Gasteiger partial charge in [-0.3, -0.25) is 0 Å². The summed E-state index contributed by atoms with van der Waals surface area (Å²) < 4.78 is 63.3. The quantitative estimate of drug-likeness (QED) is 0.356. The zero-order valence-corrected chi connectivity index (χ0v) is 6.94. The minimum Gasteiger partial charge on any atom is -0.542 e. The van der Waals surface area contributed by atoms with Crippen LogP contribution < -0.4 is 24.0 Å². The molecule has 0 aromatic heterocycles. The Morgan fingerprint density at radius 2 is 1.07 bits per heavy atom. The van der Waals surface area contributed by atoms with Gasteiger partial charge in [-0.25, -0.2) is 4.79 Å². The maximum atomic E-state index is 10.6. The van der Waals surface area contributed by atoms with E-state index < -0.39 is 24.3 Å². The monoisotopic (exact) mass is 234 g/mol. The van der Waals surface area contributed by atoms with Crippen LogP contribution >= 0.6 is 0 Å². The van der Waals surface area contributed by atoms with Crippen molar-refractivity contribution in [1.29, 1.82) is 0 Å². The molecule has 0 saturated heterocycles. The van der Waals surface area contributed by atoms with E-state index in [-0.39, 0.29) is 18.9 Å². The first kappa shape index (κ1) is 19.7. The molecule has 11 heteroatoms. The summed E-state index contributed by atoms with van der Waals surface area (Å²) in [5.74, 6) is -5.76. The Labute approximate surface area is 90.0 Å². The molecule has 0 aliphatic rings. The standard InChI is InChI=1S/2C2HF3O2.Li/c2*3-2(4,5)1(6)7;/h2*(H,6,7);/q;;+1/p-1. The maximum Gasteiger partial charge on any atom is 1.00 e. The van der Waals surface area contributed by atoms with Crippen molar-refractivity contribution in [2.75, 3.05) is 0 Å². The molecule has 1 N–H and O–H groups in total. The van der Waals surface area contributed by atoms with Crippen LogP contribution in [0.5, 0.6) is 0 Å². The Morgan fingerprint density at radius 1 is 0.933 bits per heavy atom. The number of hydrogen-bond acceptors (Lipinski definition) is 3. The number of carbonyl (C=O) groups is 2. The van der Waals surface area contributed by atoms with E-state index in [0.29, 0.717) is 0 Å². The van der Waals surface area contributed by atoms with Gasteiger partial charge < -0.3 is 15.0 Å². The van der Waals surface area contributed by atoms with Gasteiger partial charge in [-0.2, -0.15) is 26.3 Å². The second kappa shape index (κ2) is 6.57. The van der Waals surface area contributed by atoms with Gasteiger partial charge in [0.2, 0.25) is 0 Å². The molecule has 0 atom stereocenters. The van der Waals surface area contributed by atoms with E-state index in [1.807, 2.05) is 0 Å². The molecule has 0 unspecified atom stereocenters. The molecule has 0 rings (SSSR count). The smallest absolute Gasteiger partial charge is 0.542 e. The van der Waals surface area contributed by atoms with E-state index in [1.165, 1.54) is 0 Å². The first-order valence-electron chi connectivity index (χ1n) is 2.47. The minimum absolute atomic E-state index is 0. The fraction of sp³-hybridized carbons (Fsp3) is 0.500. The topological polar surface area (TPSA) is 77.4 Å². The molecule has 4 nitrogen and oxygen atoms in total. The average molecular weight is 234 g/mol. The SMILES string of the molecule is O=C(O)C(F)(F)F.O=C([O-])C(F)(F)F.[Li+]. The molecule has 0 heterocycles. The van der Waals surface area contributed by atoms with E-state index >= 15 is 0 Å². The average Bonchev–Trinajstić information content (AvgIpc) is 1.83. The van der Waals surface area contributed by atoms with Crippen LogP contribution in [0.2, 0.25) is 0 Å². The summed E-state index contributed by atoms with van der Waals surface area (Å²) in [5.41, 5.74) is 0. The first-order chi connectivity index (χ1) is 5.89. The molecule has 0 spiro atoms. The van der Waals surface area contributed by atoms with E-state index in [2.05, 4.69) is 0 Å². The van der Waals surface area contributed by atoms with Crippen molar-refractivity contribution in [2.24, 2.45) is 0 Å². The van der Waals surface area contributed by atoms with Gasteiger partial charge in [0.25, 0.3) is 0 Å². The molecule has 15 heavy (non-hydrogen) atoms. The zero-order valence-electron chi connectivity index (χ0n) is 6.94. The largest absolute Gasteiger partial charge is 1.00 e. The molecule has 0 aromatic carbocycles. The number of alkyl halides is 6. The van der Waals surface area contributed by atoms with Gasteiger partial charge in [-0.1, -0.05) is 0 Å². The summed E-state index contributed by atoms with van der Waals surface area (Å²) in [7, 11) is 0. The molecule has 0 aliphatic heterocycles. The molecule has 0 fully saturated rings. The summed E-state index contributed by atoms with van der Waals surface area (Å²) in [6.45, 7) is 0. The summed E-state index contributed by atoms with van der Waals surface area (Å²) in [4.78, 5) is 17.7. The Kier molecular flexibility index (Phi) is 8.61. The van der Waals surface area contributed by atoms with Crippen LogP contribution in [0, 0.1) is 0 Å². The molecule has 0 amide bonds. The number of hydrogen-bond donors (Lipinski definition) is 1. The fourth-order valence-corrected chi connectivity index (χ4v) is 0. The van der Waals surface area contributed by atoms with Gasteiger partial charge in [-0.05, 0) is 0 Å². The van der Waals surface area contributed by atoms with Crippen LogP contribution in [0.25, 0.3) is 0 Å². The maximum absolute atomic E-state index is 10.6. The van der Waals surface area contributed by atoms with Crippen LogP contribution in [0.3, 0.4) is 0 Å². The van der Waals surface area contributed by atoms with Gasteiger partial charge in [0.1, 0.15) is 5.97 Å². The Hall–Kier alpha value is -0.883. The zero-order chi connectivity index (χ0) is 12.2. The van der Waals surface area contributed by atoms with Crippen molar-refractivity contribution >= 4 is 11.9 Å². The fourth-order valence-electron chi connectivity index (χ4n) is 0. The predicted octanol–water partition coefficient (Wildman–Crippen LogP) is -3.06. The summed E-state index contributed by atoms with van der Waals surface area (Å²) in [6.07, 6.45) is -10.3. The predicted molar refractivity (Wildman–Crippen MR) is 24.8 cm³/mol. The van der Waals surface area contributed by atoms with Crippen molar-refractivity contribution in [1.82, 2.24) is 0 Å². The molecule has 84 valence electrons. The van der Waals surface area contributed by atoms with Crippen molar-refractivity contribution in [3.63, 3.8) is 0 Å². The molecule has 0 saturated carbocycles. The molecular weight excluding hydrogens is 233 g/mol. The van der Waals surface area contributed by atoms with Crippen LogP contribution in [0.4, 0.5) is 26.3 Å². The van der Waals surface area contributed by atoms with Crippen molar-refractivity contribution in [2.45, 2.75) is 12.4 Å². The molecular formula is C4HF6LiO4. The van der Waals surface area contributed by atoms with Gasteiger partial charge in [0.15, 0.2) is 0 Å². The van der Waals surface area contributed by atoms with Crippen molar-refractivity contribution in [3.8, 4) is 0 Å². The molecule has 0 bridgehead atoms. The number of rotatable bonds is 0. The number of carbonyl (C=O) groups excluding carboxylic acids is 1. The van der Waals surface area contributed by atoms with E-state index in [0.717, 1.165) is 0 Å². The van der Waals surface area contributed by atoms with Crippen LogP contribution in [-0.4, -0.2) is 29.4 Å². The third-order valence-electron chi connectivity index (χ3n) is 0.474. The second-order valence-corrected chi connectivity index (χ2v) is 1.59. The van der Waals surface area contributed by atoms with Gasteiger partial charge in [0.05, 0.1) is 0 Å². The van der Waals surface area contributed by atoms with Gasteiger partial charge in [0, 0.05) is 0 Å². The molecule has 0 aliphatic carbocycles. The van der Waals surface area contributed by atoms with Crippen molar-refractivity contribution in [3.05, 3.63) is 0 Å². The number of halogens is 6. The van der Waals surface area contributed by atoms with E-state index in [4.69, 9.17) is 19.8 Å². The van der Waals surface area contributed by atoms with Crippen molar-refractivity contribution < 1.29 is 65.0 Å². The van der Waals surface area contributed by atoms with Crippen LogP contribution in [0.15, 0.2) is 0 Å². The molecule has 0 aromatic rings. The second-order valence-electron chi connectivity index (χ2n) is 1.59. The Morgan fingerprint density at radius 3 is 1.07 bits per heavy atom. The van der Waals surface area contributed by atoms with Gasteiger partial charge >= 0.3 is 37.2 Å². The first-order valence-corrected chi connectivity index (χ1v) is 2.47. The Bertz CT molecular complexity index is 196. The number of carboxylic acid groups (broad SMARTS) is 2. The van der Waals surface area contributed by atoms with E-state index in [9.17, 15) is 26.3 Å². The summed E-state index contributed by atoms with van der Waals surface area (Å²) in [6, 6.07) is 0. The number of carboxylic acids is 2. The normalized spacial score (nSPS) is 10.5. The summed E-state index contributed by atoms with van der Waals surface area (Å²) >= 11 is 0. The third kappa shape index (κ3) is 13.1. The molecule has 0 radical (unpaired) electrons. The Balaban J connectivity index is -0.000000180. The number of aliphatic carboxylic acids is 2.